The minimum absolute atomic E-state index is 0.0887. The molecule has 0 saturated heterocycles. The Morgan fingerprint density at radius 2 is 1.84 bits per heavy atom. The Bertz CT molecular complexity index is 1040. The van der Waals surface area contributed by atoms with Gasteiger partial charge in [0.25, 0.3) is 0 Å². The fraction of sp³-hybridized carbons (Fsp3) is 0.806. The van der Waals surface area contributed by atoms with Crippen LogP contribution in [0.2, 0.25) is 5.02 Å². The van der Waals surface area contributed by atoms with Crippen LogP contribution in [0.15, 0.2) is 12.3 Å². The van der Waals surface area contributed by atoms with Crippen LogP contribution in [0.25, 0.3) is 0 Å². The average Bonchev–Trinajstić information content (AvgIpc) is 3.22. The van der Waals surface area contributed by atoms with Gasteiger partial charge in [-0.15, -0.1) is 0 Å². The molecular formula is C31H46ClNO5. The maximum absolute atomic E-state index is 11.9. The van der Waals surface area contributed by atoms with Crippen molar-refractivity contribution in [2.24, 2.45) is 52.3 Å². The van der Waals surface area contributed by atoms with Crippen molar-refractivity contribution in [3.63, 3.8) is 0 Å². The molecule has 0 spiro atoms. The molecule has 4 aliphatic rings. The van der Waals surface area contributed by atoms with E-state index in [1.165, 1.54) is 37.9 Å². The summed E-state index contributed by atoms with van der Waals surface area (Å²) in [6, 6.07) is 1.53. The number of fused-ring (bicyclic) bond motifs is 5. The monoisotopic (exact) mass is 547 g/mol. The number of pyridine rings is 1. The first kappa shape index (κ1) is 28.2. The van der Waals surface area contributed by atoms with Gasteiger partial charge in [0.15, 0.2) is 5.69 Å². The zero-order valence-electron chi connectivity index (χ0n) is 23.4. The standard InChI is InChI=1S/C31H46ClNO5/c1-5-20-24-14-18(34)8-11-31(24,4)23-9-12-30(3)21(6-7-22(30)26(23)28(20)35)17(2)10-13-38-19-15-25(32)27(29(36)37)33-16-19/h15-18,20-24,26,28,34-35H,5-14H2,1-4H3,(H,36,37)/t17-,18-,20-,21-,22+,23+,24+,26+,28-,30-,31-/m1/s1. The summed E-state index contributed by atoms with van der Waals surface area (Å²) in [6.45, 7) is 10.1. The highest BCUT2D eigenvalue weighted by molar-refractivity contribution is 6.33. The van der Waals surface area contributed by atoms with Crippen molar-refractivity contribution in [3.8, 4) is 5.75 Å². The average molecular weight is 548 g/mol. The van der Waals surface area contributed by atoms with Crippen LogP contribution in [-0.4, -0.2) is 45.1 Å². The molecule has 38 heavy (non-hydrogen) atoms. The topological polar surface area (TPSA) is 99.9 Å². The van der Waals surface area contributed by atoms with Crippen LogP contribution in [0, 0.1) is 52.3 Å². The van der Waals surface area contributed by atoms with Crippen molar-refractivity contribution >= 4 is 17.6 Å². The van der Waals surface area contributed by atoms with Crippen molar-refractivity contribution in [1.82, 2.24) is 4.98 Å². The van der Waals surface area contributed by atoms with E-state index in [-0.39, 0.29) is 39.7 Å². The molecule has 7 heteroatoms. The van der Waals surface area contributed by atoms with Crippen LogP contribution in [0.4, 0.5) is 0 Å². The predicted molar refractivity (Wildman–Crippen MR) is 147 cm³/mol. The molecule has 0 radical (unpaired) electrons. The second-order valence-corrected chi connectivity index (χ2v) is 14.0. The number of nitrogens with zero attached hydrogens (tertiary/aromatic N) is 1. The quantitative estimate of drug-likeness (QED) is 0.362. The normalized spacial score (nSPS) is 43.0. The van der Waals surface area contributed by atoms with Crippen LogP contribution >= 0.6 is 11.6 Å². The van der Waals surface area contributed by atoms with Gasteiger partial charge >= 0.3 is 5.97 Å². The predicted octanol–water partition coefficient (Wildman–Crippen LogP) is 6.46. The molecule has 5 rings (SSSR count). The molecule has 1 heterocycles. The highest BCUT2D eigenvalue weighted by atomic mass is 35.5. The van der Waals surface area contributed by atoms with E-state index in [2.05, 4.69) is 32.7 Å². The van der Waals surface area contributed by atoms with Crippen molar-refractivity contribution in [2.45, 2.75) is 97.7 Å². The lowest BCUT2D eigenvalue weighted by Gasteiger charge is -2.64. The SMILES string of the molecule is CC[C@H]1[C@@H](O)[C@@H]2[C@H](CC[C@]3(C)[C@@H]([C@H](C)CCOc4cnc(C(=O)O)c(Cl)c4)CC[C@@H]23)[C@@]2(C)CC[C@@H](O)C[C@@H]12. The van der Waals surface area contributed by atoms with Gasteiger partial charge < -0.3 is 20.1 Å². The second kappa shape index (κ2) is 10.6. The van der Waals surface area contributed by atoms with Gasteiger partial charge in [0.05, 0.1) is 30.0 Å². The van der Waals surface area contributed by atoms with Gasteiger partial charge in [0, 0.05) is 6.07 Å². The van der Waals surface area contributed by atoms with Crippen LogP contribution in [0.5, 0.6) is 5.75 Å². The van der Waals surface area contributed by atoms with Gasteiger partial charge in [-0.1, -0.05) is 45.7 Å². The van der Waals surface area contributed by atoms with Gasteiger partial charge in [-0.05, 0) is 104 Å². The van der Waals surface area contributed by atoms with E-state index in [0.29, 0.717) is 47.9 Å². The van der Waals surface area contributed by atoms with Crippen LogP contribution in [0.3, 0.4) is 0 Å². The minimum Gasteiger partial charge on any atom is -0.492 e. The molecule has 6 nitrogen and oxygen atoms in total. The zero-order valence-corrected chi connectivity index (χ0v) is 24.2. The molecule has 1 aromatic rings. The Kier molecular flexibility index (Phi) is 7.82. The molecule has 0 bridgehead atoms. The number of ether oxygens (including phenoxy) is 1. The number of aliphatic hydroxyl groups excluding tert-OH is 2. The van der Waals surface area contributed by atoms with Gasteiger partial charge in [-0.2, -0.15) is 0 Å². The Balaban J connectivity index is 1.28. The number of carboxylic acid groups (broad SMARTS) is 1. The van der Waals surface area contributed by atoms with E-state index in [9.17, 15) is 15.0 Å². The molecule has 0 amide bonds. The lowest BCUT2D eigenvalue weighted by Crippen LogP contribution is -2.62. The number of aromatic carboxylic acids is 1. The summed E-state index contributed by atoms with van der Waals surface area (Å²) >= 11 is 6.06. The van der Waals surface area contributed by atoms with E-state index >= 15 is 0 Å². The Labute approximate surface area is 232 Å². The zero-order chi connectivity index (χ0) is 27.4. The van der Waals surface area contributed by atoms with E-state index in [1.807, 2.05) is 0 Å². The molecule has 0 aliphatic heterocycles. The van der Waals surface area contributed by atoms with Crippen LogP contribution in [0.1, 0.15) is 96.0 Å². The number of rotatable bonds is 7. The minimum atomic E-state index is -1.15. The Morgan fingerprint density at radius 1 is 1.13 bits per heavy atom. The number of halogens is 1. The molecule has 4 saturated carbocycles. The molecule has 0 unspecified atom stereocenters. The molecule has 4 fully saturated rings. The highest BCUT2D eigenvalue weighted by Gasteiger charge is 2.64. The van der Waals surface area contributed by atoms with Crippen molar-refractivity contribution < 1.29 is 24.9 Å². The van der Waals surface area contributed by atoms with Gasteiger partial charge in [0.2, 0.25) is 0 Å². The molecule has 11 atom stereocenters. The van der Waals surface area contributed by atoms with Gasteiger partial charge in [-0.3, -0.25) is 0 Å². The summed E-state index contributed by atoms with van der Waals surface area (Å²) in [5.41, 5.74) is 0.298. The van der Waals surface area contributed by atoms with Crippen LogP contribution in [-0.2, 0) is 0 Å². The first-order valence-electron chi connectivity index (χ1n) is 14.9. The number of carbonyl (C=O) groups is 1. The largest absolute Gasteiger partial charge is 0.492 e. The van der Waals surface area contributed by atoms with Crippen LogP contribution < -0.4 is 4.74 Å². The first-order valence-corrected chi connectivity index (χ1v) is 15.3. The molecule has 1 aromatic heterocycles. The Hall–Kier alpha value is -1.37. The summed E-state index contributed by atoms with van der Waals surface area (Å²) in [4.78, 5) is 15.1. The lowest BCUT2D eigenvalue weighted by molar-refractivity contribution is -0.203. The molecule has 0 aromatic carbocycles. The van der Waals surface area contributed by atoms with E-state index < -0.39 is 5.97 Å². The summed E-state index contributed by atoms with van der Waals surface area (Å²) < 4.78 is 5.93. The van der Waals surface area contributed by atoms with Gasteiger partial charge in [-0.25, -0.2) is 9.78 Å². The first-order chi connectivity index (χ1) is 18.0. The molecule has 212 valence electrons. The maximum Gasteiger partial charge on any atom is 0.356 e. The third kappa shape index (κ3) is 4.56. The van der Waals surface area contributed by atoms with Crippen molar-refractivity contribution in [1.29, 1.82) is 0 Å². The van der Waals surface area contributed by atoms with E-state index in [0.717, 1.165) is 32.1 Å². The van der Waals surface area contributed by atoms with Crippen molar-refractivity contribution in [2.75, 3.05) is 6.61 Å². The van der Waals surface area contributed by atoms with E-state index in [1.54, 1.807) is 0 Å². The number of hydrogen-bond donors (Lipinski definition) is 3. The second-order valence-electron chi connectivity index (χ2n) is 13.5. The summed E-state index contributed by atoms with van der Waals surface area (Å²) in [7, 11) is 0. The third-order valence-electron chi connectivity index (χ3n) is 12.0. The van der Waals surface area contributed by atoms with Gasteiger partial charge in [0.1, 0.15) is 5.75 Å². The smallest absolute Gasteiger partial charge is 0.356 e. The summed E-state index contributed by atoms with van der Waals surface area (Å²) in [5, 5.41) is 31.6. The number of hydrogen-bond acceptors (Lipinski definition) is 5. The third-order valence-corrected chi connectivity index (χ3v) is 12.3. The maximum atomic E-state index is 11.9. The van der Waals surface area contributed by atoms with Crippen molar-refractivity contribution in [3.05, 3.63) is 23.0 Å². The number of aliphatic hydroxyl groups is 2. The van der Waals surface area contributed by atoms with E-state index in [4.69, 9.17) is 21.4 Å². The molecule has 4 aliphatic carbocycles. The molecule has 3 N–H and O–H groups in total. The summed E-state index contributed by atoms with van der Waals surface area (Å²) in [5.74, 6) is 2.62. The Morgan fingerprint density at radius 3 is 2.53 bits per heavy atom. The fourth-order valence-electron chi connectivity index (χ4n) is 10.2. The highest BCUT2D eigenvalue weighted by Crippen LogP contribution is 2.69. The molecular weight excluding hydrogens is 502 g/mol. The summed E-state index contributed by atoms with van der Waals surface area (Å²) in [6.07, 6.45) is 10.5. The fourth-order valence-corrected chi connectivity index (χ4v) is 10.4. The number of aromatic nitrogens is 1. The number of carboxylic acids is 1. The lowest BCUT2D eigenvalue weighted by atomic mass is 9.41.